The molecule has 0 bridgehead atoms. The van der Waals surface area contributed by atoms with Gasteiger partial charge in [-0.15, -0.1) is 0 Å². The summed E-state index contributed by atoms with van der Waals surface area (Å²) < 4.78 is 6.78. The van der Waals surface area contributed by atoms with Gasteiger partial charge in [0.05, 0.1) is 25.0 Å². The van der Waals surface area contributed by atoms with Gasteiger partial charge in [0.25, 0.3) is 5.56 Å². The molecule has 118 valence electrons. The zero-order valence-electron chi connectivity index (χ0n) is 12.8. The first-order valence-corrected chi connectivity index (χ1v) is 7.61. The lowest BCUT2D eigenvalue weighted by Crippen LogP contribution is -2.31. The molecule has 1 aliphatic heterocycles. The van der Waals surface area contributed by atoms with Gasteiger partial charge in [-0.1, -0.05) is 11.6 Å². The summed E-state index contributed by atoms with van der Waals surface area (Å²) in [6, 6.07) is 0.198. The lowest BCUT2D eigenvalue weighted by atomic mass is 10.0. The topological polar surface area (TPSA) is 59.4 Å². The molecule has 1 aromatic rings. The van der Waals surface area contributed by atoms with E-state index in [1.165, 1.54) is 4.68 Å². The SMILES string of the molecule is CC(Nc1cnn(CCN(C)C)c(=O)c1Cl)C1CCOC1. The molecule has 0 aromatic carbocycles. The molecule has 0 spiro atoms. The van der Waals surface area contributed by atoms with Gasteiger partial charge in [-0.2, -0.15) is 5.10 Å². The molecule has 2 unspecified atom stereocenters. The predicted molar refractivity (Wildman–Crippen MR) is 84.1 cm³/mol. The summed E-state index contributed by atoms with van der Waals surface area (Å²) in [6.45, 7) is 4.89. The molecule has 1 aromatic heterocycles. The fourth-order valence-corrected chi connectivity index (χ4v) is 2.53. The summed E-state index contributed by atoms with van der Waals surface area (Å²) in [7, 11) is 3.90. The van der Waals surface area contributed by atoms with Crippen molar-refractivity contribution in [3.8, 4) is 0 Å². The van der Waals surface area contributed by atoms with Crippen LogP contribution in [-0.4, -0.2) is 54.6 Å². The van der Waals surface area contributed by atoms with Crippen LogP contribution in [-0.2, 0) is 11.3 Å². The van der Waals surface area contributed by atoms with E-state index < -0.39 is 0 Å². The molecular weight excluding hydrogens is 292 g/mol. The molecule has 0 radical (unpaired) electrons. The molecule has 2 rings (SSSR count). The highest BCUT2D eigenvalue weighted by Crippen LogP contribution is 2.22. The first-order chi connectivity index (χ1) is 9.99. The Labute approximate surface area is 130 Å². The second-order valence-corrected chi connectivity index (χ2v) is 6.14. The molecule has 1 N–H and O–H groups in total. The molecular formula is C14H23ClN4O2. The van der Waals surface area contributed by atoms with E-state index in [2.05, 4.69) is 17.3 Å². The van der Waals surface area contributed by atoms with Gasteiger partial charge in [0.15, 0.2) is 0 Å². The number of halogens is 1. The van der Waals surface area contributed by atoms with Crippen molar-refractivity contribution in [2.24, 2.45) is 5.92 Å². The van der Waals surface area contributed by atoms with Gasteiger partial charge in [-0.25, -0.2) is 4.68 Å². The molecule has 0 amide bonds. The van der Waals surface area contributed by atoms with Gasteiger partial charge in [0, 0.05) is 25.1 Å². The van der Waals surface area contributed by atoms with Gasteiger partial charge in [0.1, 0.15) is 5.02 Å². The zero-order valence-corrected chi connectivity index (χ0v) is 13.6. The van der Waals surface area contributed by atoms with Crippen molar-refractivity contribution in [3.63, 3.8) is 0 Å². The van der Waals surface area contributed by atoms with E-state index in [9.17, 15) is 4.79 Å². The minimum absolute atomic E-state index is 0.198. The van der Waals surface area contributed by atoms with Crippen LogP contribution in [0.15, 0.2) is 11.0 Å². The number of ether oxygens (including phenoxy) is 1. The van der Waals surface area contributed by atoms with Crippen LogP contribution in [0, 0.1) is 5.92 Å². The summed E-state index contributed by atoms with van der Waals surface area (Å²) in [4.78, 5) is 14.2. The van der Waals surface area contributed by atoms with Crippen LogP contribution in [0.4, 0.5) is 5.69 Å². The Kier molecular flexibility index (Phi) is 5.61. The number of aromatic nitrogens is 2. The van der Waals surface area contributed by atoms with E-state index in [0.717, 1.165) is 26.2 Å². The lowest BCUT2D eigenvalue weighted by molar-refractivity contribution is 0.183. The van der Waals surface area contributed by atoms with Gasteiger partial charge in [-0.05, 0) is 27.4 Å². The summed E-state index contributed by atoms with van der Waals surface area (Å²) in [5, 5.41) is 7.68. The number of likely N-dealkylation sites (N-methyl/N-ethyl adjacent to an activating group) is 1. The van der Waals surface area contributed by atoms with Crippen LogP contribution in [0.3, 0.4) is 0 Å². The van der Waals surface area contributed by atoms with E-state index in [1.807, 2.05) is 19.0 Å². The number of anilines is 1. The van der Waals surface area contributed by atoms with Crippen molar-refractivity contribution in [1.82, 2.24) is 14.7 Å². The quantitative estimate of drug-likeness (QED) is 0.857. The molecule has 21 heavy (non-hydrogen) atoms. The summed E-state index contributed by atoms with van der Waals surface area (Å²) in [5.74, 6) is 0.442. The molecule has 0 aliphatic carbocycles. The highest BCUT2D eigenvalue weighted by Gasteiger charge is 2.23. The van der Waals surface area contributed by atoms with Crippen LogP contribution in [0.1, 0.15) is 13.3 Å². The fraction of sp³-hybridized carbons (Fsp3) is 0.714. The lowest BCUT2D eigenvalue weighted by Gasteiger charge is -2.21. The first kappa shape index (κ1) is 16.3. The molecule has 1 fully saturated rings. The molecule has 1 saturated heterocycles. The summed E-state index contributed by atoms with van der Waals surface area (Å²) in [5.41, 5.74) is 0.348. The van der Waals surface area contributed by atoms with Gasteiger partial charge in [0.2, 0.25) is 0 Å². The van der Waals surface area contributed by atoms with Gasteiger partial charge < -0.3 is 15.0 Å². The number of nitrogens with zero attached hydrogens (tertiary/aromatic N) is 3. The highest BCUT2D eigenvalue weighted by molar-refractivity contribution is 6.32. The van der Waals surface area contributed by atoms with Crippen LogP contribution in [0.2, 0.25) is 5.02 Å². The van der Waals surface area contributed by atoms with Crippen LogP contribution < -0.4 is 10.9 Å². The summed E-state index contributed by atoms with van der Waals surface area (Å²) >= 11 is 6.18. The second-order valence-electron chi connectivity index (χ2n) is 5.76. The molecule has 2 heterocycles. The van der Waals surface area contributed by atoms with Crippen molar-refractivity contribution in [2.45, 2.75) is 25.9 Å². The first-order valence-electron chi connectivity index (χ1n) is 7.23. The Morgan fingerprint density at radius 1 is 1.62 bits per heavy atom. The van der Waals surface area contributed by atoms with Crippen LogP contribution in [0.25, 0.3) is 0 Å². The Hall–Kier alpha value is -1.11. The third-order valence-corrected chi connectivity index (χ3v) is 4.16. The second kappa shape index (κ2) is 7.24. The average molecular weight is 315 g/mol. The summed E-state index contributed by atoms with van der Waals surface area (Å²) in [6.07, 6.45) is 2.66. The number of nitrogens with one attached hydrogen (secondary N) is 1. The Bertz CT molecular complexity index is 526. The average Bonchev–Trinajstić information content (AvgIpc) is 2.97. The highest BCUT2D eigenvalue weighted by atomic mass is 35.5. The Balaban J connectivity index is 2.07. The zero-order chi connectivity index (χ0) is 15.4. The Morgan fingerprint density at radius 3 is 3.00 bits per heavy atom. The van der Waals surface area contributed by atoms with E-state index >= 15 is 0 Å². The van der Waals surface area contributed by atoms with Crippen molar-refractivity contribution < 1.29 is 4.74 Å². The molecule has 2 atom stereocenters. The number of hydrogen-bond donors (Lipinski definition) is 1. The fourth-order valence-electron chi connectivity index (χ4n) is 2.33. The van der Waals surface area contributed by atoms with Crippen molar-refractivity contribution in [2.75, 3.05) is 39.2 Å². The Morgan fingerprint density at radius 2 is 2.38 bits per heavy atom. The smallest absolute Gasteiger partial charge is 0.287 e. The largest absolute Gasteiger partial charge is 0.381 e. The minimum Gasteiger partial charge on any atom is -0.381 e. The van der Waals surface area contributed by atoms with Gasteiger partial charge >= 0.3 is 0 Å². The molecule has 6 nitrogen and oxygen atoms in total. The maximum atomic E-state index is 12.2. The third kappa shape index (κ3) is 4.18. The predicted octanol–water partition coefficient (Wildman–Crippen LogP) is 1.30. The van der Waals surface area contributed by atoms with Crippen molar-refractivity contribution in [3.05, 3.63) is 21.6 Å². The molecule has 1 aliphatic rings. The molecule has 0 saturated carbocycles. The van der Waals surface area contributed by atoms with E-state index in [4.69, 9.17) is 16.3 Å². The maximum Gasteiger partial charge on any atom is 0.287 e. The normalized spacial score (nSPS) is 20.0. The maximum absolute atomic E-state index is 12.2. The minimum atomic E-state index is -0.251. The third-order valence-electron chi connectivity index (χ3n) is 3.80. The monoisotopic (exact) mass is 314 g/mol. The number of rotatable bonds is 6. The van der Waals surface area contributed by atoms with Gasteiger partial charge in [-0.3, -0.25) is 4.79 Å². The standard InChI is InChI=1S/C14H23ClN4O2/c1-10(11-4-7-21-9-11)17-12-8-16-19(6-5-18(2)3)14(20)13(12)15/h8,10-11,17H,4-7,9H2,1-3H3. The van der Waals surface area contributed by atoms with E-state index in [1.54, 1.807) is 6.20 Å². The number of hydrogen-bond acceptors (Lipinski definition) is 5. The van der Waals surface area contributed by atoms with E-state index in [-0.39, 0.29) is 16.6 Å². The van der Waals surface area contributed by atoms with Crippen LogP contribution in [0.5, 0.6) is 0 Å². The van der Waals surface area contributed by atoms with Crippen molar-refractivity contribution >= 4 is 17.3 Å². The van der Waals surface area contributed by atoms with Crippen molar-refractivity contribution in [1.29, 1.82) is 0 Å². The molecule has 7 heteroatoms. The van der Waals surface area contributed by atoms with E-state index in [0.29, 0.717) is 18.2 Å². The van der Waals surface area contributed by atoms with Crippen LogP contribution >= 0.6 is 11.6 Å².